The molecule has 0 bridgehead atoms. The van der Waals surface area contributed by atoms with Gasteiger partial charge in [0, 0.05) is 17.3 Å². The standard InChI is InChI=1S/C13H25N3O2S/c1-6-12(14)13-10(4)15-16(11(13)5)7-8-19(17,18)9(2)3/h9,12H,6-8,14H2,1-5H3. The van der Waals surface area contributed by atoms with Gasteiger partial charge in [0.15, 0.2) is 9.84 Å². The van der Waals surface area contributed by atoms with E-state index < -0.39 is 9.84 Å². The van der Waals surface area contributed by atoms with E-state index in [0.717, 1.165) is 23.4 Å². The fourth-order valence-corrected chi connectivity index (χ4v) is 3.02. The largest absolute Gasteiger partial charge is 0.324 e. The number of nitrogens with two attached hydrogens (primary N) is 1. The van der Waals surface area contributed by atoms with Gasteiger partial charge >= 0.3 is 0 Å². The molecule has 0 saturated heterocycles. The van der Waals surface area contributed by atoms with Gasteiger partial charge in [0.05, 0.1) is 23.2 Å². The lowest BCUT2D eigenvalue weighted by Gasteiger charge is -2.11. The number of rotatable bonds is 6. The van der Waals surface area contributed by atoms with E-state index in [1.165, 1.54) is 0 Å². The third-order valence-corrected chi connectivity index (χ3v) is 5.74. The van der Waals surface area contributed by atoms with Gasteiger partial charge in [-0.3, -0.25) is 4.68 Å². The number of hydrogen-bond acceptors (Lipinski definition) is 4. The Bertz CT molecular complexity index is 532. The maximum atomic E-state index is 11.8. The van der Waals surface area contributed by atoms with Crippen LogP contribution in [0.25, 0.3) is 0 Å². The second-order valence-electron chi connectivity index (χ2n) is 5.24. The predicted molar refractivity (Wildman–Crippen MR) is 77.8 cm³/mol. The van der Waals surface area contributed by atoms with Gasteiger partial charge in [0.25, 0.3) is 0 Å². The molecule has 1 rings (SSSR count). The van der Waals surface area contributed by atoms with Crippen LogP contribution < -0.4 is 5.73 Å². The zero-order valence-corrected chi connectivity index (χ0v) is 13.3. The zero-order valence-electron chi connectivity index (χ0n) is 12.5. The van der Waals surface area contributed by atoms with E-state index in [9.17, 15) is 8.42 Å². The summed E-state index contributed by atoms with van der Waals surface area (Å²) in [7, 11) is -3.03. The van der Waals surface area contributed by atoms with Gasteiger partial charge in [-0.05, 0) is 34.1 Å². The highest BCUT2D eigenvalue weighted by molar-refractivity contribution is 7.91. The number of nitrogens with zero attached hydrogens (tertiary/aromatic N) is 2. The zero-order chi connectivity index (χ0) is 14.8. The highest BCUT2D eigenvalue weighted by Gasteiger charge is 2.20. The fraction of sp³-hybridized carbons (Fsp3) is 0.769. The van der Waals surface area contributed by atoms with Crippen molar-refractivity contribution in [2.24, 2.45) is 5.73 Å². The van der Waals surface area contributed by atoms with E-state index in [0.29, 0.717) is 6.54 Å². The average Bonchev–Trinajstić information content (AvgIpc) is 2.61. The second-order valence-corrected chi connectivity index (χ2v) is 7.91. The van der Waals surface area contributed by atoms with Crippen molar-refractivity contribution < 1.29 is 8.42 Å². The van der Waals surface area contributed by atoms with E-state index in [4.69, 9.17) is 5.73 Å². The molecule has 0 fully saturated rings. The van der Waals surface area contributed by atoms with Crippen molar-refractivity contribution >= 4 is 9.84 Å². The van der Waals surface area contributed by atoms with Crippen molar-refractivity contribution in [3.63, 3.8) is 0 Å². The van der Waals surface area contributed by atoms with Crippen molar-refractivity contribution in [3.8, 4) is 0 Å². The Morgan fingerprint density at radius 1 is 1.32 bits per heavy atom. The van der Waals surface area contributed by atoms with E-state index in [2.05, 4.69) is 5.10 Å². The van der Waals surface area contributed by atoms with E-state index >= 15 is 0 Å². The molecule has 19 heavy (non-hydrogen) atoms. The van der Waals surface area contributed by atoms with Crippen LogP contribution in [0.15, 0.2) is 0 Å². The molecular weight excluding hydrogens is 262 g/mol. The Morgan fingerprint density at radius 3 is 2.37 bits per heavy atom. The molecule has 0 aliphatic carbocycles. The Kier molecular flexibility index (Phi) is 5.15. The molecule has 5 nitrogen and oxygen atoms in total. The topological polar surface area (TPSA) is 78.0 Å². The van der Waals surface area contributed by atoms with Crippen LogP contribution in [-0.2, 0) is 16.4 Å². The van der Waals surface area contributed by atoms with Crippen LogP contribution in [-0.4, -0.2) is 29.2 Å². The predicted octanol–water partition coefficient (Wildman–Crippen LogP) is 1.73. The summed E-state index contributed by atoms with van der Waals surface area (Å²) in [6, 6.07) is -0.0320. The lowest BCUT2D eigenvalue weighted by Crippen LogP contribution is -2.22. The van der Waals surface area contributed by atoms with Gasteiger partial charge in [-0.25, -0.2) is 8.42 Å². The highest BCUT2D eigenvalue weighted by Crippen LogP contribution is 2.22. The first kappa shape index (κ1) is 16.2. The van der Waals surface area contributed by atoms with Crippen molar-refractivity contribution in [1.29, 1.82) is 0 Å². The van der Waals surface area contributed by atoms with Crippen molar-refractivity contribution in [2.75, 3.05) is 5.75 Å². The quantitative estimate of drug-likeness (QED) is 0.864. The summed E-state index contributed by atoms with van der Waals surface area (Å²) in [6.07, 6.45) is 0.845. The van der Waals surface area contributed by atoms with E-state index in [1.807, 2.05) is 20.8 Å². The number of hydrogen-bond donors (Lipinski definition) is 1. The molecule has 6 heteroatoms. The maximum Gasteiger partial charge on any atom is 0.154 e. The van der Waals surface area contributed by atoms with Crippen LogP contribution in [0.1, 0.15) is 50.2 Å². The van der Waals surface area contributed by atoms with Gasteiger partial charge in [0.1, 0.15) is 0 Å². The summed E-state index contributed by atoms with van der Waals surface area (Å²) in [5.41, 5.74) is 8.99. The molecule has 1 aromatic heterocycles. The molecule has 0 amide bonds. The molecule has 2 N–H and O–H groups in total. The second kappa shape index (κ2) is 6.05. The van der Waals surface area contributed by atoms with Crippen LogP contribution in [0, 0.1) is 13.8 Å². The molecule has 0 spiro atoms. The number of sulfone groups is 1. The summed E-state index contributed by atoms with van der Waals surface area (Å²) < 4.78 is 25.4. The minimum absolute atomic E-state index is 0.0320. The monoisotopic (exact) mass is 287 g/mol. The van der Waals surface area contributed by atoms with Crippen LogP contribution >= 0.6 is 0 Å². The third-order valence-electron chi connectivity index (χ3n) is 3.55. The molecule has 1 aromatic rings. The Labute approximate surface area is 116 Å². The minimum Gasteiger partial charge on any atom is -0.324 e. The maximum absolute atomic E-state index is 11.8. The molecule has 110 valence electrons. The van der Waals surface area contributed by atoms with Crippen LogP contribution in [0.4, 0.5) is 0 Å². The van der Waals surface area contributed by atoms with Gasteiger partial charge in [-0.2, -0.15) is 5.10 Å². The normalized spacial score (nSPS) is 14.1. The first-order chi connectivity index (χ1) is 8.70. The third kappa shape index (κ3) is 3.57. The van der Waals surface area contributed by atoms with Gasteiger partial charge < -0.3 is 5.73 Å². The lowest BCUT2D eigenvalue weighted by molar-refractivity contribution is 0.568. The van der Waals surface area contributed by atoms with Crippen LogP contribution in [0.3, 0.4) is 0 Å². The molecule has 0 saturated carbocycles. The lowest BCUT2D eigenvalue weighted by atomic mass is 10.0. The van der Waals surface area contributed by atoms with Crippen molar-refractivity contribution in [3.05, 3.63) is 17.0 Å². The minimum atomic E-state index is -3.03. The molecule has 0 aliphatic rings. The Hall–Kier alpha value is -0.880. The SMILES string of the molecule is CCC(N)c1c(C)nn(CCS(=O)(=O)C(C)C)c1C. The first-order valence-electron chi connectivity index (χ1n) is 6.71. The van der Waals surface area contributed by atoms with E-state index in [1.54, 1.807) is 18.5 Å². The average molecular weight is 287 g/mol. The Balaban J connectivity index is 2.93. The summed E-state index contributed by atoms with van der Waals surface area (Å²) in [4.78, 5) is 0. The van der Waals surface area contributed by atoms with Gasteiger partial charge in [-0.1, -0.05) is 6.92 Å². The van der Waals surface area contributed by atoms with Gasteiger partial charge in [0.2, 0.25) is 0 Å². The Morgan fingerprint density at radius 2 is 1.89 bits per heavy atom. The molecule has 1 heterocycles. The van der Waals surface area contributed by atoms with E-state index in [-0.39, 0.29) is 17.0 Å². The molecule has 0 aromatic carbocycles. The summed E-state index contributed by atoms with van der Waals surface area (Å²) in [6.45, 7) is 9.70. The van der Waals surface area contributed by atoms with Crippen LogP contribution in [0.2, 0.25) is 0 Å². The summed E-state index contributed by atoms with van der Waals surface area (Å²) >= 11 is 0. The van der Waals surface area contributed by atoms with Gasteiger partial charge in [-0.15, -0.1) is 0 Å². The van der Waals surface area contributed by atoms with Crippen LogP contribution in [0.5, 0.6) is 0 Å². The summed E-state index contributed by atoms with van der Waals surface area (Å²) in [5, 5.41) is 4.07. The van der Waals surface area contributed by atoms with Crippen molar-refractivity contribution in [2.45, 2.75) is 58.9 Å². The number of aromatic nitrogens is 2. The molecule has 1 unspecified atom stereocenters. The molecular formula is C13H25N3O2S. The number of aryl methyl sites for hydroxylation is 2. The summed E-state index contributed by atoms with van der Waals surface area (Å²) in [5.74, 6) is 0.118. The fourth-order valence-electron chi connectivity index (χ4n) is 2.12. The molecule has 0 radical (unpaired) electrons. The molecule has 0 aliphatic heterocycles. The first-order valence-corrected chi connectivity index (χ1v) is 8.43. The van der Waals surface area contributed by atoms with Crippen molar-refractivity contribution in [1.82, 2.24) is 9.78 Å². The molecule has 1 atom stereocenters. The highest BCUT2D eigenvalue weighted by atomic mass is 32.2. The smallest absolute Gasteiger partial charge is 0.154 e.